The number of benzene rings is 2. The summed E-state index contributed by atoms with van der Waals surface area (Å²) in [6.45, 7) is 5.84. The van der Waals surface area contributed by atoms with E-state index in [1.54, 1.807) is 4.13 Å². The molecule has 2 aromatic carbocycles. The summed E-state index contributed by atoms with van der Waals surface area (Å²) >= 11 is -0.0655. The monoisotopic (exact) mass is 610 g/mol. The van der Waals surface area contributed by atoms with Gasteiger partial charge >= 0.3 is 21.2 Å². The number of rotatable bonds is 14. The van der Waals surface area contributed by atoms with Crippen LogP contribution >= 0.6 is 0 Å². The molecule has 0 fully saturated rings. The summed E-state index contributed by atoms with van der Waals surface area (Å²) < 4.78 is 53.0. The first-order chi connectivity index (χ1) is 15.7. The Hall–Kier alpha value is -1.17. The molecule has 0 atom stereocenters. The Morgan fingerprint density at radius 2 is 1.21 bits per heavy atom. The lowest BCUT2D eigenvalue weighted by Crippen LogP contribution is -3.61. The molecule has 186 valence electrons. The van der Waals surface area contributed by atoms with E-state index < -0.39 is 20.0 Å². The summed E-state index contributed by atoms with van der Waals surface area (Å²) in [5.74, 6) is 0.549. The molecule has 1 N–H and O–H groups in total. The van der Waals surface area contributed by atoms with Crippen molar-refractivity contribution in [1.82, 2.24) is 4.13 Å². The SMILES string of the molecule is CCCCCCCCOc1ccc([I+]c2ccccc2)cc1.CCS(=O)(=O)NS(=O)(=O)CC. The van der Waals surface area contributed by atoms with Gasteiger partial charge in [0, 0.05) is 0 Å². The summed E-state index contributed by atoms with van der Waals surface area (Å²) in [7, 11) is -7.25. The lowest BCUT2D eigenvalue weighted by molar-refractivity contribution is -0.597. The predicted molar refractivity (Wildman–Crippen MR) is 131 cm³/mol. The molecule has 0 aromatic heterocycles. The topological polar surface area (TPSA) is 89.5 Å². The highest BCUT2D eigenvalue weighted by atomic mass is 127. The average Bonchev–Trinajstić information content (AvgIpc) is 2.80. The van der Waals surface area contributed by atoms with Gasteiger partial charge in [0.2, 0.25) is 20.0 Å². The first-order valence-electron chi connectivity index (χ1n) is 11.4. The third-order valence-electron chi connectivity index (χ3n) is 4.55. The van der Waals surface area contributed by atoms with Crippen molar-refractivity contribution in [1.29, 1.82) is 0 Å². The lowest BCUT2D eigenvalue weighted by atomic mass is 10.1. The number of hydrogen-bond acceptors (Lipinski definition) is 5. The van der Waals surface area contributed by atoms with Gasteiger partial charge in [0.15, 0.2) is 7.14 Å². The van der Waals surface area contributed by atoms with Crippen LogP contribution in [0.4, 0.5) is 0 Å². The van der Waals surface area contributed by atoms with Crippen molar-refractivity contribution < 1.29 is 42.8 Å². The fourth-order valence-electron chi connectivity index (χ4n) is 2.58. The second-order valence-corrected chi connectivity index (χ2v) is 14.7. The molecule has 0 amide bonds. The third kappa shape index (κ3) is 14.6. The van der Waals surface area contributed by atoms with Crippen LogP contribution in [0.1, 0.15) is 59.3 Å². The van der Waals surface area contributed by atoms with E-state index in [2.05, 4.69) is 61.5 Å². The van der Waals surface area contributed by atoms with Gasteiger partial charge in [-0.25, -0.2) is 16.8 Å². The molecule has 0 aliphatic rings. The molecule has 2 aromatic rings. The van der Waals surface area contributed by atoms with Gasteiger partial charge in [0.05, 0.1) is 18.1 Å². The van der Waals surface area contributed by atoms with Crippen LogP contribution < -0.4 is 30.1 Å². The van der Waals surface area contributed by atoms with Crippen molar-refractivity contribution in [3.05, 3.63) is 61.7 Å². The van der Waals surface area contributed by atoms with Gasteiger partial charge in [-0.3, -0.25) is 0 Å². The Morgan fingerprint density at radius 1 is 0.697 bits per heavy atom. The number of nitrogens with one attached hydrogen (secondary N) is 1. The van der Waals surface area contributed by atoms with Gasteiger partial charge in [-0.05, 0) is 56.7 Å². The zero-order valence-corrected chi connectivity index (χ0v) is 23.6. The van der Waals surface area contributed by atoms with Crippen LogP contribution in [0.3, 0.4) is 0 Å². The molecule has 33 heavy (non-hydrogen) atoms. The van der Waals surface area contributed by atoms with Crippen LogP contribution in [0.5, 0.6) is 5.75 Å². The molecule has 0 radical (unpaired) electrons. The molecule has 0 aliphatic carbocycles. The van der Waals surface area contributed by atoms with Crippen molar-refractivity contribution >= 4 is 20.0 Å². The zero-order valence-electron chi connectivity index (χ0n) is 19.8. The normalized spacial score (nSPS) is 11.5. The predicted octanol–water partition coefficient (Wildman–Crippen LogP) is 1.83. The van der Waals surface area contributed by atoms with E-state index in [0.29, 0.717) is 0 Å². The van der Waals surface area contributed by atoms with Crippen molar-refractivity contribution in [2.24, 2.45) is 0 Å². The number of sulfonamides is 2. The van der Waals surface area contributed by atoms with E-state index >= 15 is 0 Å². The summed E-state index contributed by atoms with van der Waals surface area (Å²) in [4.78, 5) is 0. The standard InChI is InChI=1S/C20H26IO.C4H11NO4S2/c1-2-3-4-5-6-10-17-22-20-15-13-19(14-16-20)21-18-11-8-7-9-12-18;1-3-10(6,7)5-11(8,9)4-2/h7-9,11-16H,2-6,10,17H2,1H3;5H,3-4H2,1-2H3/q+1;. The average molecular weight is 611 g/mol. The summed E-state index contributed by atoms with van der Waals surface area (Å²) in [6.07, 6.45) is 7.85. The Bertz CT molecular complexity index is 947. The molecule has 6 nitrogen and oxygen atoms in total. The minimum Gasteiger partial charge on any atom is -0.494 e. The van der Waals surface area contributed by atoms with E-state index in [4.69, 9.17) is 4.74 Å². The minimum absolute atomic E-state index is 0.0655. The maximum atomic E-state index is 10.7. The number of unbranched alkanes of at least 4 members (excludes halogenated alkanes) is 5. The molecule has 0 heterocycles. The highest BCUT2D eigenvalue weighted by Gasteiger charge is 2.16. The Morgan fingerprint density at radius 3 is 1.76 bits per heavy atom. The van der Waals surface area contributed by atoms with Crippen LogP contribution in [-0.2, 0) is 20.0 Å². The molecule has 0 saturated carbocycles. The fraction of sp³-hybridized carbons (Fsp3) is 0.500. The highest BCUT2D eigenvalue weighted by molar-refractivity contribution is 8.04. The van der Waals surface area contributed by atoms with E-state index in [9.17, 15) is 16.8 Å². The van der Waals surface area contributed by atoms with E-state index in [0.717, 1.165) is 12.4 Å². The van der Waals surface area contributed by atoms with Crippen molar-refractivity contribution in [2.75, 3.05) is 18.1 Å². The largest absolute Gasteiger partial charge is 0.494 e. The number of ether oxygens (including phenoxy) is 1. The van der Waals surface area contributed by atoms with Crippen molar-refractivity contribution in [2.45, 2.75) is 59.3 Å². The first-order valence-corrected chi connectivity index (χ1v) is 16.8. The molecule has 0 aliphatic heterocycles. The van der Waals surface area contributed by atoms with Crippen LogP contribution in [0.25, 0.3) is 0 Å². The smallest absolute Gasteiger partial charge is 0.357 e. The Balaban J connectivity index is 0.000000420. The van der Waals surface area contributed by atoms with E-state index in [1.807, 2.05) is 0 Å². The summed E-state index contributed by atoms with van der Waals surface area (Å²) in [6, 6.07) is 19.4. The Labute approximate surface area is 210 Å². The van der Waals surface area contributed by atoms with Gasteiger partial charge < -0.3 is 4.74 Å². The van der Waals surface area contributed by atoms with Gasteiger partial charge in [0.1, 0.15) is 5.75 Å². The quantitative estimate of drug-likeness (QED) is 0.261. The second kappa shape index (κ2) is 16.5. The summed E-state index contributed by atoms with van der Waals surface area (Å²) in [5.41, 5.74) is 0. The first kappa shape index (κ1) is 29.9. The minimum atomic E-state index is -3.63. The second-order valence-electron chi connectivity index (χ2n) is 7.35. The lowest BCUT2D eigenvalue weighted by Gasteiger charge is -2.05. The van der Waals surface area contributed by atoms with Crippen LogP contribution in [0, 0.1) is 7.14 Å². The number of halogens is 1. The molecule has 0 unspecified atom stereocenters. The molecule has 0 saturated heterocycles. The molecule has 9 heteroatoms. The van der Waals surface area contributed by atoms with Crippen LogP contribution in [0.15, 0.2) is 54.6 Å². The van der Waals surface area contributed by atoms with Gasteiger partial charge in [-0.1, -0.05) is 57.2 Å². The molecular weight excluding hydrogens is 573 g/mol. The van der Waals surface area contributed by atoms with Gasteiger partial charge in [-0.15, -0.1) is 4.13 Å². The third-order valence-corrected chi connectivity index (χ3v) is 10.8. The maximum absolute atomic E-state index is 10.7. The fourth-order valence-corrected chi connectivity index (χ4v) is 7.28. The van der Waals surface area contributed by atoms with Crippen molar-refractivity contribution in [3.63, 3.8) is 0 Å². The Kier molecular flexibility index (Phi) is 14.9. The zero-order chi connectivity index (χ0) is 24.6. The van der Waals surface area contributed by atoms with Gasteiger partial charge in [-0.2, -0.15) is 0 Å². The summed E-state index contributed by atoms with van der Waals surface area (Å²) in [5, 5.41) is 0. The van der Waals surface area contributed by atoms with E-state index in [-0.39, 0.29) is 32.7 Å². The molecule has 0 bridgehead atoms. The highest BCUT2D eigenvalue weighted by Crippen LogP contribution is 2.10. The van der Waals surface area contributed by atoms with E-state index in [1.165, 1.54) is 59.5 Å². The number of hydrogen-bond donors (Lipinski definition) is 1. The maximum Gasteiger partial charge on any atom is 0.357 e. The molecular formula is C24H37INO5S2+. The molecule has 0 spiro atoms. The van der Waals surface area contributed by atoms with Crippen LogP contribution in [0.2, 0.25) is 0 Å². The van der Waals surface area contributed by atoms with Crippen LogP contribution in [-0.4, -0.2) is 34.9 Å². The molecule has 2 rings (SSSR count). The van der Waals surface area contributed by atoms with Crippen molar-refractivity contribution in [3.8, 4) is 5.75 Å². The van der Waals surface area contributed by atoms with Gasteiger partial charge in [0.25, 0.3) is 0 Å².